The molecule has 5 heteroatoms. The van der Waals surface area contributed by atoms with E-state index < -0.39 is 6.36 Å². The first-order valence-electron chi connectivity index (χ1n) is 2.54. The van der Waals surface area contributed by atoms with Crippen molar-refractivity contribution in [2.24, 2.45) is 0 Å². The molecule has 0 aliphatic heterocycles. The van der Waals surface area contributed by atoms with Gasteiger partial charge in [0, 0.05) is 6.54 Å². The molecule has 0 aliphatic carbocycles. The first-order chi connectivity index (χ1) is 4.06. The second kappa shape index (κ2) is 3.68. The molecule has 0 radical (unpaired) electrons. The second-order valence-electron chi connectivity index (χ2n) is 1.44. The van der Waals surface area contributed by atoms with Crippen molar-refractivity contribution < 1.29 is 18.0 Å². The largest absolute Gasteiger partial charge is 0.538 e. The lowest BCUT2D eigenvalue weighted by molar-refractivity contribution is -0.350. The molecule has 0 aromatic rings. The van der Waals surface area contributed by atoms with Gasteiger partial charge in [-0.15, -0.1) is 13.2 Å². The van der Waals surface area contributed by atoms with Gasteiger partial charge in [-0.3, -0.25) is 0 Å². The van der Waals surface area contributed by atoms with Crippen molar-refractivity contribution in [1.29, 1.82) is 0 Å². The number of hydroxylamine groups is 1. The van der Waals surface area contributed by atoms with Crippen LogP contribution in [-0.2, 0) is 4.84 Å². The molecule has 0 saturated heterocycles. The first-order valence-corrected chi connectivity index (χ1v) is 2.54. The Hall–Kier alpha value is -0.290. The quantitative estimate of drug-likeness (QED) is 0.476. The highest BCUT2D eigenvalue weighted by molar-refractivity contribution is 4.28. The molecule has 0 aromatic carbocycles. The average Bonchev–Trinajstić information content (AvgIpc) is 1.63. The van der Waals surface area contributed by atoms with E-state index in [1.165, 1.54) is 0 Å². The highest BCUT2D eigenvalue weighted by atomic mass is 19.4. The summed E-state index contributed by atoms with van der Waals surface area (Å²) in [4.78, 5) is 3.22. The number of alkyl halides is 3. The summed E-state index contributed by atoms with van der Waals surface area (Å²) >= 11 is 0. The molecule has 56 valence electrons. The third-order valence-electron chi connectivity index (χ3n) is 0.540. The third kappa shape index (κ3) is 7.71. The summed E-state index contributed by atoms with van der Waals surface area (Å²) in [5.74, 6) is 0. The Labute approximate surface area is 50.9 Å². The van der Waals surface area contributed by atoms with E-state index in [0.717, 1.165) is 0 Å². The molecule has 1 N–H and O–H groups in total. The lowest BCUT2D eigenvalue weighted by Crippen LogP contribution is -2.25. The van der Waals surface area contributed by atoms with Crippen LogP contribution in [0.3, 0.4) is 0 Å². The Bertz CT molecular complexity index is 72.7. The van der Waals surface area contributed by atoms with Crippen molar-refractivity contribution in [2.75, 3.05) is 6.54 Å². The first kappa shape index (κ1) is 8.71. The van der Waals surface area contributed by atoms with Gasteiger partial charge in [0.15, 0.2) is 0 Å². The van der Waals surface area contributed by atoms with Gasteiger partial charge in [-0.1, -0.05) is 6.92 Å². The summed E-state index contributed by atoms with van der Waals surface area (Å²) in [5, 5.41) is 0. The number of hydrogen-bond donors (Lipinski definition) is 1. The third-order valence-corrected chi connectivity index (χ3v) is 0.540. The zero-order valence-corrected chi connectivity index (χ0v) is 4.96. The van der Waals surface area contributed by atoms with Crippen LogP contribution in [0.4, 0.5) is 13.2 Å². The summed E-state index contributed by atoms with van der Waals surface area (Å²) in [6, 6.07) is 0. The fourth-order valence-corrected chi connectivity index (χ4v) is 0.235. The van der Waals surface area contributed by atoms with Crippen LogP contribution in [0.25, 0.3) is 0 Å². The van der Waals surface area contributed by atoms with E-state index in [9.17, 15) is 13.2 Å². The predicted molar refractivity (Wildman–Crippen MR) is 25.4 cm³/mol. The molecule has 0 amide bonds. The maximum atomic E-state index is 11.1. The Morgan fingerprint density at radius 1 is 1.44 bits per heavy atom. The van der Waals surface area contributed by atoms with Crippen molar-refractivity contribution in [3.8, 4) is 0 Å². The Morgan fingerprint density at radius 2 is 2.00 bits per heavy atom. The second-order valence-corrected chi connectivity index (χ2v) is 1.44. The van der Waals surface area contributed by atoms with Crippen molar-refractivity contribution in [3.05, 3.63) is 0 Å². The molecule has 0 rings (SSSR count). The molecule has 0 saturated carbocycles. The van der Waals surface area contributed by atoms with E-state index in [4.69, 9.17) is 0 Å². The Kier molecular flexibility index (Phi) is 3.56. The van der Waals surface area contributed by atoms with Gasteiger partial charge in [0.1, 0.15) is 0 Å². The summed E-state index contributed by atoms with van der Waals surface area (Å²) < 4.78 is 33.3. The predicted octanol–water partition coefficient (Wildman–Crippen LogP) is 1.44. The lowest BCUT2D eigenvalue weighted by Gasteiger charge is -2.05. The van der Waals surface area contributed by atoms with Gasteiger partial charge in [0.2, 0.25) is 0 Å². The van der Waals surface area contributed by atoms with Gasteiger partial charge in [0.25, 0.3) is 0 Å². The van der Waals surface area contributed by atoms with Crippen LogP contribution >= 0.6 is 0 Å². The average molecular weight is 143 g/mol. The van der Waals surface area contributed by atoms with Crippen molar-refractivity contribution in [2.45, 2.75) is 19.7 Å². The van der Waals surface area contributed by atoms with Crippen molar-refractivity contribution in [3.63, 3.8) is 0 Å². The molecule has 0 aromatic heterocycles. The maximum absolute atomic E-state index is 11.1. The van der Waals surface area contributed by atoms with E-state index in [2.05, 4.69) is 4.84 Å². The fraction of sp³-hybridized carbons (Fsp3) is 1.00. The van der Waals surface area contributed by atoms with Crippen LogP contribution in [0.15, 0.2) is 0 Å². The topological polar surface area (TPSA) is 21.3 Å². The summed E-state index contributed by atoms with van der Waals surface area (Å²) in [6.07, 6.45) is -3.95. The SMILES string of the molecule is CCCNOC(F)(F)F. The van der Waals surface area contributed by atoms with Gasteiger partial charge in [-0.05, 0) is 6.42 Å². The normalized spacial score (nSPS) is 12.0. The molecule has 0 atom stereocenters. The van der Waals surface area contributed by atoms with Crippen molar-refractivity contribution in [1.82, 2.24) is 5.48 Å². The number of rotatable bonds is 3. The molecular formula is C4H8F3NO. The van der Waals surface area contributed by atoms with E-state index in [-0.39, 0.29) is 6.54 Å². The van der Waals surface area contributed by atoms with Gasteiger partial charge < -0.3 is 0 Å². The molecule has 0 bridgehead atoms. The van der Waals surface area contributed by atoms with Crippen LogP contribution in [0.2, 0.25) is 0 Å². The number of hydrogen-bond acceptors (Lipinski definition) is 2. The Morgan fingerprint density at radius 3 is 2.33 bits per heavy atom. The standard InChI is InChI=1S/C4H8F3NO/c1-2-3-8-9-4(5,6)7/h8H,2-3H2,1H3. The molecule has 2 nitrogen and oxygen atoms in total. The highest BCUT2D eigenvalue weighted by Gasteiger charge is 2.29. The van der Waals surface area contributed by atoms with E-state index in [1.807, 2.05) is 0 Å². The zero-order chi connectivity index (χ0) is 7.33. The number of nitrogens with one attached hydrogen (secondary N) is 1. The van der Waals surface area contributed by atoms with Crippen LogP contribution < -0.4 is 5.48 Å². The monoisotopic (exact) mass is 143 g/mol. The minimum absolute atomic E-state index is 0.208. The molecule has 0 unspecified atom stereocenters. The lowest BCUT2D eigenvalue weighted by atomic mass is 10.5. The molecule has 0 spiro atoms. The van der Waals surface area contributed by atoms with Gasteiger partial charge in [0.05, 0.1) is 0 Å². The summed E-state index contributed by atoms with van der Waals surface area (Å²) in [5.41, 5.74) is 1.75. The molecule has 0 heterocycles. The van der Waals surface area contributed by atoms with E-state index >= 15 is 0 Å². The minimum atomic E-state index is -4.56. The van der Waals surface area contributed by atoms with Gasteiger partial charge >= 0.3 is 6.36 Å². The molecule has 0 fully saturated rings. The van der Waals surface area contributed by atoms with Gasteiger partial charge in [-0.2, -0.15) is 5.48 Å². The van der Waals surface area contributed by atoms with Crippen LogP contribution in [0.1, 0.15) is 13.3 Å². The maximum Gasteiger partial charge on any atom is 0.538 e. The summed E-state index contributed by atoms with van der Waals surface area (Å²) in [7, 11) is 0. The molecule has 0 aliphatic rings. The van der Waals surface area contributed by atoms with Crippen molar-refractivity contribution >= 4 is 0 Å². The Balaban J connectivity index is 3.07. The molecular weight excluding hydrogens is 135 g/mol. The van der Waals surface area contributed by atoms with E-state index in [1.54, 1.807) is 12.4 Å². The molecule has 9 heavy (non-hydrogen) atoms. The smallest absolute Gasteiger partial charge is 0.203 e. The number of halogens is 3. The summed E-state index contributed by atoms with van der Waals surface area (Å²) in [6.45, 7) is 1.95. The fourth-order valence-electron chi connectivity index (χ4n) is 0.235. The van der Waals surface area contributed by atoms with Crippen LogP contribution in [-0.4, -0.2) is 12.9 Å². The zero-order valence-electron chi connectivity index (χ0n) is 4.96. The van der Waals surface area contributed by atoms with Crippen LogP contribution in [0.5, 0.6) is 0 Å². The highest BCUT2D eigenvalue weighted by Crippen LogP contribution is 2.13. The minimum Gasteiger partial charge on any atom is -0.203 e. The van der Waals surface area contributed by atoms with E-state index in [0.29, 0.717) is 6.42 Å². The van der Waals surface area contributed by atoms with Gasteiger partial charge in [-0.25, -0.2) is 4.84 Å². The van der Waals surface area contributed by atoms with Crippen LogP contribution in [0, 0.1) is 0 Å².